The molecule has 1 aromatic heterocycles. The summed E-state index contributed by atoms with van der Waals surface area (Å²) in [4.78, 5) is 4.61. The molecule has 0 amide bonds. The van der Waals surface area contributed by atoms with E-state index in [4.69, 9.17) is 0 Å². The first kappa shape index (κ1) is 15.4. The van der Waals surface area contributed by atoms with Crippen LogP contribution in [0.2, 0.25) is 0 Å². The summed E-state index contributed by atoms with van der Waals surface area (Å²) in [5.74, 6) is 2.92. The molecule has 3 nitrogen and oxygen atoms in total. The molecule has 1 heterocycles. The number of unbranched alkanes of at least 4 members (excludes halogenated alkanes) is 1. The summed E-state index contributed by atoms with van der Waals surface area (Å²) >= 11 is 0. The van der Waals surface area contributed by atoms with Crippen LogP contribution < -0.4 is 5.32 Å². The molecule has 2 unspecified atom stereocenters. The molecule has 0 spiro atoms. The van der Waals surface area contributed by atoms with Crippen molar-refractivity contribution in [3.8, 4) is 0 Å². The number of aromatic nitrogens is 2. The molecule has 1 saturated carbocycles. The van der Waals surface area contributed by atoms with Gasteiger partial charge in [0.15, 0.2) is 0 Å². The lowest BCUT2D eigenvalue weighted by Gasteiger charge is -2.26. The molecule has 1 fully saturated rings. The lowest BCUT2D eigenvalue weighted by Crippen LogP contribution is -2.16. The molecule has 0 aliphatic heterocycles. The number of hydrogen-bond acceptors (Lipinski definition) is 2. The van der Waals surface area contributed by atoms with E-state index in [1.165, 1.54) is 44.9 Å². The predicted octanol–water partition coefficient (Wildman–Crippen LogP) is 4.62. The van der Waals surface area contributed by atoms with Gasteiger partial charge in [0.2, 0.25) is 5.95 Å². The summed E-state index contributed by atoms with van der Waals surface area (Å²) in [5.41, 5.74) is 1.13. The van der Waals surface area contributed by atoms with E-state index in [2.05, 4.69) is 41.8 Å². The van der Waals surface area contributed by atoms with Crippen molar-refractivity contribution in [2.75, 3.05) is 11.9 Å². The molecule has 3 heteroatoms. The van der Waals surface area contributed by atoms with E-state index in [1.54, 1.807) is 0 Å². The molecule has 2 rings (SSSR count). The standard InChI is InChI=1S/C17H31N3/c1-4-5-10-18-17-19-15(3)13-20(17)11-9-16-8-6-7-14(2)12-16/h13-14,16H,4-12H2,1-3H3,(H,18,19). The molecule has 1 aromatic rings. The Morgan fingerprint density at radius 2 is 2.25 bits per heavy atom. The predicted molar refractivity (Wildman–Crippen MR) is 86.1 cm³/mol. The average Bonchev–Trinajstić information content (AvgIpc) is 2.77. The third-order valence-electron chi connectivity index (χ3n) is 4.53. The smallest absolute Gasteiger partial charge is 0.203 e. The Kier molecular flexibility index (Phi) is 5.93. The highest BCUT2D eigenvalue weighted by Gasteiger charge is 2.19. The molecule has 2 atom stereocenters. The van der Waals surface area contributed by atoms with Gasteiger partial charge in [-0.3, -0.25) is 0 Å². The Bertz CT molecular complexity index is 397. The molecule has 0 saturated heterocycles. The number of anilines is 1. The highest BCUT2D eigenvalue weighted by Crippen LogP contribution is 2.31. The zero-order valence-corrected chi connectivity index (χ0v) is 13.5. The van der Waals surface area contributed by atoms with E-state index >= 15 is 0 Å². The Morgan fingerprint density at radius 1 is 1.40 bits per heavy atom. The SMILES string of the molecule is CCCCNc1nc(C)cn1CCC1CCCC(C)C1. The van der Waals surface area contributed by atoms with Gasteiger partial charge in [-0.1, -0.05) is 39.5 Å². The van der Waals surface area contributed by atoms with Gasteiger partial charge < -0.3 is 9.88 Å². The highest BCUT2D eigenvalue weighted by atomic mass is 15.2. The first-order chi connectivity index (χ1) is 9.69. The van der Waals surface area contributed by atoms with Crippen LogP contribution in [0.1, 0.15) is 64.5 Å². The summed E-state index contributed by atoms with van der Waals surface area (Å²) in [5, 5.41) is 3.48. The molecule has 1 N–H and O–H groups in total. The van der Waals surface area contributed by atoms with Gasteiger partial charge >= 0.3 is 0 Å². The summed E-state index contributed by atoms with van der Waals surface area (Å²) in [6.07, 6.45) is 11.7. The molecule has 114 valence electrons. The zero-order chi connectivity index (χ0) is 14.4. The van der Waals surface area contributed by atoms with Crippen molar-refractivity contribution >= 4 is 5.95 Å². The number of rotatable bonds is 7. The van der Waals surface area contributed by atoms with E-state index in [9.17, 15) is 0 Å². The maximum Gasteiger partial charge on any atom is 0.203 e. The van der Waals surface area contributed by atoms with Gasteiger partial charge in [-0.25, -0.2) is 4.98 Å². The fraction of sp³-hybridized carbons (Fsp3) is 0.824. The van der Waals surface area contributed by atoms with Crippen molar-refractivity contribution in [3.63, 3.8) is 0 Å². The Labute approximate surface area is 124 Å². The minimum atomic E-state index is 0.921. The highest BCUT2D eigenvalue weighted by molar-refractivity contribution is 5.28. The number of nitrogens with one attached hydrogen (secondary N) is 1. The monoisotopic (exact) mass is 277 g/mol. The van der Waals surface area contributed by atoms with Crippen LogP contribution in [0.5, 0.6) is 0 Å². The van der Waals surface area contributed by atoms with Gasteiger partial charge in [0.05, 0.1) is 5.69 Å². The summed E-state index contributed by atoms with van der Waals surface area (Å²) in [6.45, 7) is 8.87. The molecular formula is C17H31N3. The van der Waals surface area contributed by atoms with Crippen LogP contribution in [0.15, 0.2) is 6.20 Å². The fourth-order valence-electron chi connectivity index (χ4n) is 3.38. The molecule has 1 aliphatic rings. The second kappa shape index (κ2) is 7.70. The van der Waals surface area contributed by atoms with Crippen LogP contribution in [0, 0.1) is 18.8 Å². The zero-order valence-electron chi connectivity index (χ0n) is 13.5. The largest absolute Gasteiger partial charge is 0.356 e. The fourth-order valence-corrected chi connectivity index (χ4v) is 3.38. The van der Waals surface area contributed by atoms with E-state index in [0.717, 1.165) is 36.6 Å². The Hall–Kier alpha value is -0.990. The van der Waals surface area contributed by atoms with Crippen molar-refractivity contribution in [1.82, 2.24) is 9.55 Å². The Balaban J connectivity index is 1.84. The lowest BCUT2D eigenvalue weighted by molar-refractivity contribution is 0.261. The summed E-state index contributed by atoms with van der Waals surface area (Å²) in [7, 11) is 0. The second-order valence-corrected chi connectivity index (χ2v) is 6.61. The van der Waals surface area contributed by atoms with E-state index < -0.39 is 0 Å². The van der Waals surface area contributed by atoms with Crippen molar-refractivity contribution in [1.29, 1.82) is 0 Å². The van der Waals surface area contributed by atoms with Gasteiger partial charge in [-0.2, -0.15) is 0 Å². The topological polar surface area (TPSA) is 29.9 Å². The molecule has 1 aliphatic carbocycles. The maximum absolute atomic E-state index is 4.61. The molecule has 0 bridgehead atoms. The van der Waals surface area contributed by atoms with E-state index in [-0.39, 0.29) is 0 Å². The van der Waals surface area contributed by atoms with Crippen LogP contribution in [0.3, 0.4) is 0 Å². The summed E-state index contributed by atoms with van der Waals surface area (Å²) < 4.78 is 2.32. The van der Waals surface area contributed by atoms with Gasteiger partial charge in [0.1, 0.15) is 0 Å². The maximum atomic E-state index is 4.61. The first-order valence-corrected chi connectivity index (χ1v) is 8.46. The minimum Gasteiger partial charge on any atom is -0.356 e. The van der Waals surface area contributed by atoms with Crippen molar-refractivity contribution < 1.29 is 0 Å². The molecular weight excluding hydrogens is 246 g/mol. The van der Waals surface area contributed by atoms with Gasteiger partial charge in [0, 0.05) is 19.3 Å². The van der Waals surface area contributed by atoms with Gasteiger partial charge in [0.25, 0.3) is 0 Å². The molecule has 20 heavy (non-hydrogen) atoms. The normalized spacial score (nSPS) is 22.9. The van der Waals surface area contributed by atoms with Crippen LogP contribution in [-0.4, -0.2) is 16.1 Å². The number of imidazole rings is 1. The first-order valence-electron chi connectivity index (χ1n) is 8.46. The minimum absolute atomic E-state index is 0.921. The summed E-state index contributed by atoms with van der Waals surface area (Å²) in [6, 6.07) is 0. The van der Waals surface area contributed by atoms with Crippen LogP contribution in [0.4, 0.5) is 5.95 Å². The number of hydrogen-bond donors (Lipinski definition) is 1. The van der Waals surface area contributed by atoms with E-state index in [1.807, 2.05) is 0 Å². The van der Waals surface area contributed by atoms with Crippen molar-refractivity contribution in [2.24, 2.45) is 11.8 Å². The number of aryl methyl sites for hydroxylation is 2. The third kappa shape index (κ3) is 4.53. The average molecular weight is 277 g/mol. The Morgan fingerprint density at radius 3 is 3.00 bits per heavy atom. The lowest BCUT2D eigenvalue weighted by atomic mass is 9.81. The van der Waals surface area contributed by atoms with Crippen molar-refractivity contribution in [3.05, 3.63) is 11.9 Å². The van der Waals surface area contributed by atoms with Crippen molar-refractivity contribution in [2.45, 2.75) is 72.3 Å². The number of nitrogens with zero attached hydrogens (tertiary/aromatic N) is 2. The van der Waals surface area contributed by atoms with Gasteiger partial charge in [-0.15, -0.1) is 0 Å². The second-order valence-electron chi connectivity index (χ2n) is 6.61. The van der Waals surface area contributed by atoms with Crippen LogP contribution in [-0.2, 0) is 6.54 Å². The van der Waals surface area contributed by atoms with E-state index in [0.29, 0.717) is 0 Å². The molecule has 0 radical (unpaired) electrons. The van der Waals surface area contributed by atoms with Crippen LogP contribution in [0.25, 0.3) is 0 Å². The molecule has 0 aromatic carbocycles. The van der Waals surface area contributed by atoms with Gasteiger partial charge in [-0.05, 0) is 38.0 Å². The quantitative estimate of drug-likeness (QED) is 0.737. The van der Waals surface area contributed by atoms with Crippen LogP contribution >= 0.6 is 0 Å². The third-order valence-corrected chi connectivity index (χ3v) is 4.53.